The molecule has 322 valence electrons. The highest BCUT2D eigenvalue weighted by Crippen LogP contribution is 2.63. The van der Waals surface area contributed by atoms with Crippen LogP contribution >= 0.6 is 0 Å². The molecular formula is C42H54N2O15. The molecule has 16 N–H and O–H groups in total. The lowest BCUT2D eigenvalue weighted by Crippen LogP contribution is -2.64. The van der Waals surface area contributed by atoms with E-state index in [2.05, 4.69) is 36.0 Å². The SMILES string of the molecule is CN1CC[C@]23c4c5ccc(O)c4O[C@H]2[C@@H](O)C=C[C@H]3[C@H]1C5.CN1CC[C@]23c4c5ccc(O)c4O[C@H]2[C@@H](O)C=C[C@H]3[C@H]1C5.O.O.O.O.O.O=C(O)c1ccccc1C(=O)O. The fourth-order valence-corrected chi connectivity index (χ4v) is 11.3. The van der Waals surface area contributed by atoms with E-state index in [1.807, 2.05) is 24.3 Å². The molecular weight excluding hydrogens is 772 g/mol. The number of carbonyl (C=O) groups is 2. The quantitative estimate of drug-likeness (QED) is 0.176. The van der Waals surface area contributed by atoms with Crippen molar-refractivity contribution in [1.82, 2.24) is 9.80 Å². The van der Waals surface area contributed by atoms with Crippen LogP contribution in [0.5, 0.6) is 23.0 Å². The molecule has 4 aliphatic heterocycles. The van der Waals surface area contributed by atoms with Gasteiger partial charge in [-0.25, -0.2) is 9.59 Å². The molecule has 2 saturated heterocycles. The third-order valence-electron chi connectivity index (χ3n) is 13.7. The number of nitrogens with zero attached hydrogens (tertiary/aromatic N) is 2. The van der Waals surface area contributed by atoms with E-state index in [4.69, 9.17) is 19.7 Å². The van der Waals surface area contributed by atoms with Crippen LogP contribution in [0.15, 0.2) is 72.8 Å². The first kappa shape index (κ1) is 46.6. The van der Waals surface area contributed by atoms with Crippen molar-refractivity contribution >= 4 is 11.9 Å². The zero-order chi connectivity index (χ0) is 37.8. The largest absolute Gasteiger partial charge is 0.504 e. The summed E-state index contributed by atoms with van der Waals surface area (Å²) in [6.07, 6.45) is 10.4. The summed E-state index contributed by atoms with van der Waals surface area (Å²) < 4.78 is 12.2. The number of likely N-dealkylation sites (tertiary alicyclic amines) is 2. The molecule has 4 aliphatic carbocycles. The summed E-state index contributed by atoms with van der Waals surface area (Å²) in [4.78, 5) is 25.8. The maximum atomic E-state index is 10.5. The Morgan fingerprint density at radius 2 is 0.983 bits per heavy atom. The molecule has 0 radical (unpaired) electrons. The average molecular weight is 827 g/mol. The number of hydrogen-bond donors (Lipinski definition) is 6. The minimum absolute atomic E-state index is 0. The topological polar surface area (TPSA) is 338 Å². The second-order valence-electron chi connectivity index (χ2n) is 16.0. The number of aromatic hydroxyl groups is 2. The monoisotopic (exact) mass is 826 g/mol. The summed E-state index contributed by atoms with van der Waals surface area (Å²) in [6, 6.07) is 13.9. The minimum Gasteiger partial charge on any atom is -0.504 e. The Morgan fingerprint density at radius 3 is 1.34 bits per heavy atom. The predicted molar refractivity (Wildman–Crippen MR) is 214 cm³/mol. The second-order valence-corrected chi connectivity index (χ2v) is 16.0. The highest BCUT2D eigenvalue weighted by molar-refractivity contribution is 6.01. The minimum atomic E-state index is -1.23. The van der Waals surface area contributed by atoms with Crippen LogP contribution in [-0.2, 0) is 23.7 Å². The van der Waals surface area contributed by atoms with Crippen molar-refractivity contribution < 1.29 is 77.1 Å². The van der Waals surface area contributed by atoms with Crippen LogP contribution in [0.3, 0.4) is 0 Å². The summed E-state index contributed by atoms with van der Waals surface area (Å²) in [5, 5.41) is 58.4. The lowest BCUT2D eigenvalue weighted by atomic mass is 9.53. The van der Waals surface area contributed by atoms with Crippen molar-refractivity contribution in [3.63, 3.8) is 0 Å². The van der Waals surface area contributed by atoms with E-state index in [9.17, 15) is 30.0 Å². The molecule has 0 saturated carbocycles. The summed E-state index contributed by atoms with van der Waals surface area (Å²) >= 11 is 0. The molecule has 3 aromatic carbocycles. The number of benzene rings is 3. The highest BCUT2D eigenvalue weighted by atomic mass is 16.5. The lowest BCUT2D eigenvalue weighted by Gasteiger charge is -2.56. The first-order valence-electron chi connectivity index (χ1n) is 18.6. The third kappa shape index (κ3) is 6.44. The zero-order valence-electron chi connectivity index (χ0n) is 32.5. The van der Waals surface area contributed by atoms with Gasteiger partial charge >= 0.3 is 11.9 Å². The normalized spacial score (nSPS) is 32.2. The number of likely N-dealkylation sites (N-methyl/N-ethyl adjacent to an activating group) is 2. The summed E-state index contributed by atoms with van der Waals surface area (Å²) in [6.45, 7) is 2.02. The van der Waals surface area contributed by atoms with E-state index in [1.165, 1.54) is 46.5 Å². The number of phenolic OH excluding ortho intramolecular Hbond substituents is 2. The van der Waals surface area contributed by atoms with Crippen LogP contribution < -0.4 is 9.47 Å². The molecule has 0 amide bonds. The van der Waals surface area contributed by atoms with Crippen molar-refractivity contribution in [2.24, 2.45) is 11.8 Å². The molecule has 3 aromatic rings. The number of piperidine rings is 2. The maximum Gasteiger partial charge on any atom is 0.336 e. The van der Waals surface area contributed by atoms with E-state index < -0.39 is 24.1 Å². The predicted octanol–water partition coefficient (Wildman–Crippen LogP) is -0.644. The van der Waals surface area contributed by atoms with Crippen molar-refractivity contribution in [2.45, 2.75) is 73.0 Å². The van der Waals surface area contributed by atoms with Crippen molar-refractivity contribution in [3.05, 3.63) is 106 Å². The van der Waals surface area contributed by atoms with Crippen LogP contribution in [0.2, 0.25) is 0 Å². The fourth-order valence-electron chi connectivity index (χ4n) is 11.3. The van der Waals surface area contributed by atoms with Gasteiger partial charge in [0.25, 0.3) is 0 Å². The van der Waals surface area contributed by atoms with E-state index >= 15 is 0 Å². The van der Waals surface area contributed by atoms with Crippen LogP contribution in [0, 0.1) is 11.8 Å². The van der Waals surface area contributed by atoms with Gasteiger partial charge < -0.3 is 77.3 Å². The maximum absolute atomic E-state index is 10.5. The molecule has 17 heteroatoms. The highest BCUT2D eigenvalue weighted by Gasteiger charge is 2.65. The molecule has 2 spiro atoms. The molecule has 11 rings (SSSR count). The number of aliphatic hydroxyl groups is 2. The summed E-state index contributed by atoms with van der Waals surface area (Å²) in [5.74, 6) is -0.0791. The Balaban J connectivity index is 0.000000195. The Hall–Kier alpha value is -5.08. The van der Waals surface area contributed by atoms with Gasteiger partial charge in [-0.2, -0.15) is 0 Å². The van der Waals surface area contributed by atoms with Gasteiger partial charge in [-0.1, -0.05) is 48.6 Å². The number of carboxylic acids is 2. The molecule has 10 atom stereocenters. The second kappa shape index (κ2) is 16.5. The number of aliphatic hydroxyl groups excluding tert-OH is 2. The Bertz CT molecular complexity index is 2000. The van der Waals surface area contributed by atoms with E-state index in [0.717, 1.165) is 38.8 Å². The van der Waals surface area contributed by atoms with Crippen molar-refractivity contribution in [2.75, 3.05) is 27.2 Å². The van der Waals surface area contributed by atoms with Gasteiger partial charge in [-0.05, 0) is 88.3 Å². The molecule has 0 unspecified atom stereocenters. The van der Waals surface area contributed by atoms with Gasteiger partial charge in [0.05, 0.1) is 11.1 Å². The van der Waals surface area contributed by atoms with E-state index in [-0.39, 0.29) is 73.0 Å². The molecule has 4 heterocycles. The molecule has 8 aliphatic rings. The number of aromatic carboxylic acids is 2. The molecule has 17 nitrogen and oxygen atoms in total. The Morgan fingerprint density at radius 1 is 0.610 bits per heavy atom. The number of carboxylic acid groups (broad SMARTS) is 2. The molecule has 2 fully saturated rings. The third-order valence-corrected chi connectivity index (χ3v) is 13.7. The van der Waals surface area contributed by atoms with Gasteiger partial charge in [0.2, 0.25) is 0 Å². The van der Waals surface area contributed by atoms with Crippen molar-refractivity contribution in [1.29, 1.82) is 0 Å². The lowest BCUT2D eigenvalue weighted by molar-refractivity contribution is -0.0453. The summed E-state index contributed by atoms with van der Waals surface area (Å²) in [7, 11) is 4.38. The van der Waals surface area contributed by atoms with Gasteiger partial charge in [0.1, 0.15) is 24.4 Å². The number of rotatable bonds is 2. The van der Waals surface area contributed by atoms with Gasteiger partial charge in [0, 0.05) is 45.9 Å². The standard InChI is InChI=1S/2C17H19NO3.C8H6O4.5H2O/c2*1-18-7-6-17-10-3-5-13(20)16(17)21-15-12(19)4-2-9(14(15)17)8-11(10)18;9-7(10)5-3-1-2-4-6(5)8(11)12;;;;;/h2*2-5,10-11,13,16,19-20H,6-8H2,1H3;1-4H,(H,9,10)(H,11,12);5*1H2/t2*10-,11+,13-,16-,17-;;;;;;/m00....../s1. The van der Waals surface area contributed by atoms with Crippen LogP contribution in [0.4, 0.5) is 0 Å². The first-order chi connectivity index (χ1) is 25.9. The first-order valence-corrected chi connectivity index (χ1v) is 18.6. The molecule has 59 heavy (non-hydrogen) atoms. The number of ether oxygens (including phenoxy) is 2. The number of phenols is 2. The van der Waals surface area contributed by atoms with Crippen LogP contribution in [-0.4, -0.2) is 143 Å². The van der Waals surface area contributed by atoms with Crippen LogP contribution in [0.1, 0.15) is 55.8 Å². The van der Waals surface area contributed by atoms with Crippen molar-refractivity contribution in [3.8, 4) is 23.0 Å². The van der Waals surface area contributed by atoms with Gasteiger partial charge in [0.15, 0.2) is 23.0 Å². The molecule has 4 bridgehead atoms. The zero-order valence-corrected chi connectivity index (χ0v) is 32.5. The Labute approximate surface area is 339 Å². The number of hydrogen-bond acceptors (Lipinski definition) is 10. The van der Waals surface area contributed by atoms with E-state index in [1.54, 1.807) is 12.1 Å². The van der Waals surface area contributed by atoms with Gasteiger partial charge in [-0.3, -0.25) is 0 Å². The summed E-state index contributed by atoms with van der Waals surface area (Å²) in [5.41, 5.74) is 4.20. The van der Waals surface area contributed by atoms with Crippen LogP contribution in [0.25, 0.3) is 0 Å². The van der Waals surface area contributed by atoms with Gasteiger partial charge in [-0.15, -0.1) is 0 Å². The fraction of sp³-hybridized carbons (Fsp3) is 0.429. The molecule has 0 aromatic heterocycles. The van der Waals surface area contributed by atoms with E-state index in [0.29, 0.717) is 35.4 Å². The smallest absolute Gasteiger partial charge is 0.336 e. The Kier molecular flexibility index (Phi) is 13.1. The average Bonchev–Trinajstić information content (AvgIpc) is 3.71.